The van der Waals surface area contributed by atoms with Gasteiger partial charge in [-0.3, -0.25) is 11.3 Å². The van der Waals surface area contributed by atoms with Gasteiger partial charge in [-0.15, -0.1) is 0 Å². The fraction of sp³-hybridized carbons (Fsp3) is 1.00. The molecule has 0 bridgehead atoms. The van der Waals surface area contributed by atoms with Gasteiger partial charge in [-0.05, 0) is 20.8 Å². The number of hydrogen-bond acceptors (Lipinski definition) is 4. The third kappa shape index (κ3) is 3.49. The third-order valence-corrected chi connectivity index (χ3v) is 2.06. The molecule has 0 aromatic rings. The molecule has 0 fully saturated rings. The fourth-order valence-corrected chi connectivity index (χ4v) is 0.827. The minimum absolute atomic E-state index is 0.0162. The molecular formula is C8H20N2O2. The molecule has 0 rings (SSSR count). The largest absolute Gasteiger partial charge is 0.380 e. The molecule has 74 valence electrons. The van der Waals surface area contributed by atoms with Gasteiger partial charge in [-0.25, -0.2) is 0 Å². The quantitative estimate of drug-likeness (QED) is 0.451. The summed E-state index contributed by atoms with van der Waals surface area (Å²) in [4.78, 5) is 0. The van der Waals surface area contributed by atoms with Crippen molar-refractivity contribution in [2.75, 3.05) is 20.3 Å². The highest BCUT2D eigenvalue weighted by Crippen LogP contribution is 2.13. The minimum atomic E-state index is -0.302. The molecule has 1 atom stereocenters. The van der Waals surface area contributed by atoms with Crippen molar-refractivity contribution in [2.45, 2.75) is 32.4 Å². The van der Waals surface area contributed by atoms with Gasteiger partial charge >= 0.3 is 0 Å². The number of methoxy groups -OCH3 is 1. The lowest BCUT2D eigenvalue weighted by Crippen LogP contribution is -2.53. The molecular weight excluding hydrogens is 156 g/mol. The first-order valence-electron chi connectivity index (χ1n) is 4.17. The highest BCUT2D eigenvalue weighted by Gasteiger charge is 2.28. The number of ether oxygens (including phenoxy) is 2. The molecule has 0 amide bonds. The van der Waals surface area contributed by atoms with Crippen LogP contribution >= 0.6 is 0 Å². The molecule has 4 nitrogen and oxygen atoms in total. The second-order valence-electron chi connectivity index (χ2n) is 3.19. The van der Waals surface area contributed by atoms with Crippen LogP contribution in [0.4, 0.5) is 0 Å². The van der Waals surface area contributed by atoms with Crippen molar-refractivity contribution < 1.29 is 9.47 Å². The first kappa shape index (κ1) is 11.8. The van der Waals surface area contributed by atoms with E-state index >= 15 is 0 Å². The average molecular weight is 176 g/mol. The van der Waals surface area contributed by atoms with Crippen LogP contribution in [0.25, 0.3) is 0 Å². The molecule has 0 spiro atoms. The van der Waals surface area contributed by atoms with E-state index in [1.807, 2.05) is 20.8 Å². The van der Waals surface area contributed by atoms with E-state index in [9.17, 15) is 0 Å². The van der Waals surface area contributed by atoms with Gasteiger partial charge in [0.2, 0.25) is 0 Å². The van der Waals surface area contributed by atoms with Crippen LogP contribution in [0.15, 0.2) is 0 Å². The van der Waals surface area contributed by atoms with Gasteiger partial charge in [-0.1, -0.05) is 0 Å². The zero-order chi connectivity index (χ0) is 9.61. The van der Waals surface area contributed by atoms with Crippen LogP contribution in [0.5, 0.6) is 0 Å². The van der Waals surface area contributed by atoms with E-state index in [2.05, 4.69) is 5.43 Å². The molecule has 3 N–H and O–H groups in total. The van der Waals surface area contributed by atoms with E-state index in [1.54, 1.807) is 7.11 Å². The van der Waals surface area contributed by atoms with Crippen LogP contribution in [-0.2, 0) is 9.47 Å². The Bertz CT molecular complexity index is 118. The maximum atomic E-state index is 5.37. The molecule has 0 aliphatic carbocycles. The Labute approximate surface area is 74.4 Å². The molecule has 0 aromatic heterocycles. The van der Waals surface area contributed by atoms with Crippen molar-refractivity contribution in [2.24, 2.45) is 5.84 Å². The van der Waals surface area contributed by atoms with Crippen LogP contribution in [-0.4, -0.2) is 32.0 Å². The normalized spacial score (nSPS) is 14.8. The highest BCUT2D eigenvalue weighted by molar-refractivity contribution is 4.83. The predicted octanol–water partition coefficient (Wildman–Crippen LogP) is 0.280. The van der Waals surface area contributed by atoms with Gasteiger partial charge in [0.05, 0.1) is 18.2 Å². The molecule has 12 heavy (non-hydrogen) atoms. The maximum Gasteiger partial charge on any atom is 0.0810 e. The maximum absolute atomic E-state index is 5.37. The molecule has 0 heterocycles. The van der Waals surface area contributed by atoms with Crippen molar-refractivity contribution in [1.82, 2.24) is 5.43 Å². The minimum Gasteiger partial charge on any atom is -0.380 e. The Kier molecular flexibility index (Phi) is 5.41. The van der Waals surface area contributed by atoms with Crippen molar-refractivity contribution in [3.63, 3.8) is 0 Å². The molecule has 4 heteroatoms. The van der Waals surface area contributed by atoms with Crippen LogP contribution in [0, 0.1) is 0 Å². The SMILES string of the molecule is CCOCC(NN)C(C)(C)OC. The Morgan fingerprint density at radius 2 is 2.08 bits per heavy atom. The van der Waals surface area contributed by atoms with Crippen molar-refractivity contribution in [1.29, 1.82) is 0 Å². The Morgan fingerprint density at radius 1 is 1.50 bits per heavy atom. The first-order chi connectivity index (χ1) is 5.58. The zero-order valence-corrected chi connectivity index (χ0v) is 8.39. The van der Waals surface area contributed by atoms with E-state index in [1.165, 1.54) is 0 Å². The average Bonchev–Trinajstić information content (AvgIpc) is 2.05. The predicted molar refractivity (Wildman–Crippen MR) is 48.7 cm³/mol. The topological polar surface area (TPSA) is 56.5 Å². The molecule has 0 aliphatic rings. The van der Waals surface area contributed by atoms with Gasteiger partial charge in [-0.2, -0.15) is 0 Å². The number of nitrogens with one attached hydrogen (secondary N) is 1. The number of hydrazine groups is 1. The zero-order valence-electron chi connectivity index (χ0n) is 8.39. The van der Waals surface area contributed by atoms with E-state index < -0.39 is 0 Å². The Morgan fingerprint density at radius 3 is 2.42 bits per heavy atom. The van der Waals surface area contributed by atoms with E-state index in [0.29, 0.717) is 13.2 Å². The lowest BCUT2D eigenvalue weighted by molar-refractivity contribution is -0.0372. The summed E-state index contributed by atoms with van der Waals surface area (Å²) in [5.74, 6) is 5.37. The van der Waals surface area contributed by atoms with Crippen molar-refractivity contribution in [3.05, 3.63) is 0 Å². The fourth-order valence-electron chi connectivity index (χ4n) is 0.827. The molecule has 0 radical (unpaired) electrons. The van der Waals surface area contributed by atoms with Crippen LogP contribution in [0.2, 0.25) is 0 Å². The van der Waals surface area contributed by atoms with Crippen LogP contribution in [0.1, 0.15) is 20.8 Å². The van der Waals surface area contributed by atoms with Crippen LogP contribution < -0.4 is 11.3 Å². The number of hydrogen-bond donors (Lipinski definition) is 2. The summed E-state index contributed by atoms with van der Waals surface area (Å²) in [6, 6.07) is 0.0162. The second kappa shape index (κ2) is 5.48. The lowest BCUT2D eigenvalue weighted by Gasteiger charge is -2.32. The Hall–Kier alpha value is -0.160. The summed E-state index contributed by atoms with van der Waals surface area (Å²) in [6.45, 7) is 7.15. The molecule has 0 saturated heterocycles. The summed E-state index contributed by atoms with van der Waals surface area (Å²) >= 11 is 0. The first-order valence-corrected chi connectivity index (χ1v) is 4.17. The van der Waals surface area contributed by atoms with Crippen molar-refractivity contribution in [3.8, 4) is 0 Å². The summed E-state index contributed by atoms with van der Waals surface area (Å²) < 4.78 is 10.5. The van der Waals surface area contributed by atoms with E-state index in [4.69, 9.17) is 15.3 Å². The standard InChI is InChI=1S/C8H20N2O2/c1-5-12-6-7(10-9)8(2,3)11-4/h7,10H,5-6,9H2,1-4H3. The van der Waals surface area contributed by atoms with Gasteiger partial charge in [0.25, 0.3) is 0 Å². The summed E-state index contributed by atoms with van der Waals surface area (Å²) in [5.41, 5.74) is 2.38. The lowest BCUT2D eigenvalue weighted by atomic mass is 10.0. The smallest absolute Gasteiger partial charge is 0.0810 e. The summed E-state index contributed by atoms with van der Waals surface area (Å²) in [5, 5.41) is 0. The van der Waals surface area contributed by atoms with Gasteiger partial charge in [0, 0.05) is 13.7 Å². The van der Waals surface area contributed by atoms with Crippen LogP contribution in [0.3, 0.4) is 0 Å². The van der Waals surface area contributed by atoms with E-state index in [-0.39, 0.29) is 11.6 Å². The number of nitrogens with two attached hydrogens (primary N) is 1. The molecule has 0 aromatic carbocycles. The molecule has 1 unspecified atom stereocenters. The second-order valence-corrected chi connectivity index (χ2v) is 3.19. The van der Waals surface area contributed by atoms with Gasteiger partial charge in [0.1, 0.15) is 0 Å². The van der Waals surface area contributed by atoms with Gasteiger partial charge < -0.3 is 9.47 Å². The van der Waals surface area contributed by atoms with E-state index in [0.717, 1.165) is 0 Å². The van der Waals surface area contributed by atoms with Gasteiger partial charge in [0.15, 0.2) is 0 Å². The number of rotatable bonds is 6. The monoisotopic (exact) mass is 176 g/mol. The summed E-state index contributed by atoms with van der Waals surface area (Å²) in [6.07, 6.45) is 0. The highest BCUT2D eigenvalue weighted by atomic mass is 16.5. The molecule has 0 aliphatic heterocycles. The molecule has 0 saturated carbocycles. The third-order valence-electron chi connectivity index (χ3n) is 2.06. The van der Waals surface area contributed by atoms with Crippen molar-refractivity contribution >= 4 is 0 Å². The summed E-state index contributed by atoms with van der Waals surface area (Å²) in [7, 11) is 1.66. The Balaban J connectivity index is 3.95.